The van der Waals surface area contributed by atoms with Crippen molar-refractivity contribution in [2.75, 3.05) is 0 Å². The zero-order chi connectivity index (χ0) is 6.69. The monoisotopic (exact) mass is 121 g/mol. The third-order valence-corrected chi connectivity index (χ3v) is 0.908. The number of pyridine rings is 1. The second-order valence-corrected chi connectivity index (χ2v) is 1.54. The molecule has 1 radical (unpaired) electrons. The molecule has 1 amide bonds. The van der Waals surface area contributed by atoms with Crippen molar-refractivity contribution in [2.45, 2.75) is 0 Å². The second-order valence-electron chi connectivity index (χ2n) is 1.54. The molecule has 3 nitrogen and oxygen atoms in total. The summed E-state index contributed by atoms with van der Waals surface area (Å²) in [6.45, 7) is 0. The topological polar surface area (TPSA) is 56.0 Å². The summed E-state index contributed by atoms with van der Waals surface area (Å²) in [4.78, 5) is 14.0. The molecule has 2 N–H and O–H groups in total. The highest BCUT2D eigenvalue weighted by atomic mass is 16.1. The van der Waals surface area contributed by atoms with Crippen LogP contribution in [0.4, 0.5) is 0 Å². The van der Waals surface area contributed by atoms with Gasteiger partial charge in [-0.3, -0.25) is 9.78 Å². The van der Waals surface area contributed by atoms with Crippen molar-refractivity contribution < 1.29 is 4.79 Å². The van der Waals surface area contributed by atoms with E-state index in [0.29, 0.717) is 5.56 Å². The number of rotatable bonds is 1. The lowest BCUT2D eigenvalue weighted by molar-refractivity contribution is 0.1000. The maximum Gasteiger partial charge on any atom is 0.248 e. The molecular formula is C6H5N2O. The maximum absolute atomic E-state index is 10.4. The number of nitrogens with two attached hydrogens (primary N) is 1. The fourth-order valence-electron chi connectivity index (χ4n) is 0.469. The maximum atomic E-state index is 10.4. The summed E-state index contributed by atoms with van der Waals surface area (Å²) in [7, 11) is 0. The summed E-state index contributed by atoms with van der Waals surface area (Å²) in [5.74, 6) is -0.450. The van der Waals surface area contributed by atoms with E-state index in [4.69, 9.17) is 5.73 Å². The van der Waals surface area contributed by atoms with Gasteiger partial charge in [-0.15, -0.1) is 0 Å². The highest BCUT2D eigenvalue weighted by molar-refractivity contribution is 5.92. The molecule has 9 heavy (non-hydrogen) atoms. The van der Waals surface area contributed by atoms with Crippen LogP contribution in [0, 0.1) is 6.20 Å². The molecule has 1 aromatic rings. The van der Waals surface area contributed by atoms with Crippen LogP contribution >= 0.6 is 0 Å². The third kappa shape index (κ3) is 1.25. The van der Waals surface area contributed by atoms with Crippen LogP contribution < -0.4 is 5.73 Å². The Labute approximate surface area is 52.5 Å². The predicted molar refractivity (Wildman–Crippen MR) is 31.6 cm³/mol. The van der Waals surface area contributed by atoms with Crippen LogP contribution in [-0.4, -0.2) is 10.9 Å². The minimum Gasteiger partial charge on any atom is -0.366 e. The van der Waals surface area contributed by atoms with Crippen molar-refractivity contribution in [3.05, 3.63) is 30.1 Å². The highest BCUT2D eigenvalue weighted by Gasteiger charge is 1.94. The molecule has 0 bridgehead atoms. The predicted octanol–water partition coefficient (Wildman–Crippen LogP) is -0.0193. The standard InChI is InChI=1S/C6H5N2O/c7-6(9)5-1-3-8-4-2-5/h1-3H,(H2,7,9). The van der Waals surface area contributed by atoms with Crippen molar-refractivity contribution in [3.8, 4) is 0 Å². The van der Waals surface area contributed by atoms with Crippen LogP contribution in [0.5, 0.6) is 0 Å². The minimum absolute atomic E-state index is 0.435. The Morgan fingerprint density at radius 2 is 2.56 bits per heavy atom. The minimum atomic E-state index is -0.450. The molecular weight excluding hydrogens is 116 g/mol. The number of nitrogens with zero attached hydrogens (tertiary/aromatic N) is 1. The lowest BCUT2D eigenvalue weighted by atomic mass is 10.3. The van der Waals surface area contributed by atoms with Crippen LogP contribution in [0.25, 0.3) is 0 Å². The number of primary amides is 1. The van der Waals surface area contributed by atoms with Crippen molar-refractivity contribution in [1.29, 1.82) is 0 Å². The highest BCUT2D eigenvalue weighted by Crippen LogP contribution is 1.91. The van der Waals surface area contributed by atoms with Gasteiger partial charge in [0.25, 0.3) is 0 Å². The van der Waals surface area contributed by atoms with E-state index in [9.17, 15) is 4.79 Å². The van der Waals surface area contributed by atoms with Crippen molar-refractivity contribution in [3.63, 3.8) is 0 Å². The van der Waals surface area contributed by atoms with E-state index in [-0.39, 0.29) is 0 Å². The van der Waals surface area contributed by atoms with Gasteiger partial charge >= 0.3 is 0 Å². The van der Waals surface area contributed by atoms with E-state index in [1.54, 1.807) is 6.07 Å². The van der Waals surface area contributed by atoms with E-state index < -0.39 is 5.91 Å². The molecule has 1 heterocycles. The van der Waals surface area contributed by atoms with E-state index in [1.165, 1.54) is 12.3 Å². The van der Waals surface area contributed by atoms with Crippen LogP contribution in [0.15, 0.2) is 18.3 Å². The molecule has 0 aliphatic carbocycles. The zero-order valence-corrected chi connectivity index (χ0v) is 4.66. The lowest BCUT2D eigenvalue weighted by Gasteiger charge is -1.88. The number of amides is 1. The summed E-state index contributed by atoms with van der Waals surface area (Å²) in [5, 5.41) is 0. The molecule has 0 unspecified atom stereocenters. The molecule has 0 fully saturated rings. The fourth-order valence-corrected chi connectivity index (χ4v) is 0.469. The van der Waals surface area contributed by atoms with Gasteiger partial charge in [0, 0.05) is 11.8 Å². The molecule has 0 spiro atoms. The normalized spacial score (nSPS) is 8.89. The van der Waals surface area contributed by atoms with Gasteiger partial charge in [0.05, 0.1) is 6.20 Å². The first-order chi connectivity index (χ1) is 4.30. The number of carbonyl (C=O) groups is 1. The van der Waals surface area contributed by atoms with Crippen molar-refractivity contribution >= 4 is 5.91 Å². The van der Waals surface area contributed by atoms with E-state index >= 15 is 0 Å². The molecule has 3 heteroatoms. The van der Waals surface area contributed by atoms with Crippen LogP contribution in [0.1, 0.15) is 10.4 Å². The Balaban J connectivity index is 2.98. The zero-order valence-electron chi connectivity index (χ0n) is 4.66. The molecule has 0 saturated carbocycles. The van der Waals surface area contributed by atoms with Gasteiger partial charge < -0.3 is 5.73 Å². The Morgan fingerprint density at radius 1 is 1.78 bits per heavy atom. The van der Waals surface area contributed by atoms with Gasteiger partial charge in [-0.25, -0.2) is 0 Å². The average Bonchev–Trinajstić information content (AvgIpc) is 1.90. The first kappa shape index (κ1) is 5.75. The van der Waals surface area contributed by atoms with Gasteiger partial charge in [0.1, 0.15) is 0 Å². The molecule has 0 atom stereocenters. The van der Waals surface area contributed by atoms with Gasteiger partial charge in [-0.2, -0.15) is 0 Å². The summed E-state index contributed by atoms with van der Waals surface area (Å²) >= 11 is 0. The van der Waals surface area contributed by atoms with Gasteiger partial charge in [0.15, 0.2) is 0 Å². The lowest BCUT2D eigenvalue weighted by Crippen LogP contribution is -2.10. The number of aromatic nitrogens is 1. The summed E-state index contributed by atoms with van der Waals surface area (Å²) in [6, 6.07) is 2.99. The van der Waals surface area contributed by atoms with E-state index in [0.717, 1.165) is 0 Å². The number of hydrogen-bond donors (Lipinski definition) is 1. The second kappa shape index (κ2) is 2.26. The quantitative estimate of drug-likeness (QED) is 0.567. The third-order valence-electron chi connectivity index (χ3n) is 0.908. The summed E-state index contributed by atoms with van der Waals surface area (Å²) in [5.41, 5.74) is 5.36. The average molecular weight is 121 g/mol. The molecule has 0 saturated heterocycles. The molecule has 0 aliphatic heterocycles. The fraction of sp³-hybridized carbons (Fsp3) is 0. The molecule has 45 valence electrons. The smallest absolute Gasteiger partial charge is 0.248 e. The van der Waals surface area contributed by atoms with Crippen LogP contribution in [0.3, 0.4) is 0 Å². The Morgan fingerprint density at radius 3 is 2.89 bits per heavy atom. The first-order valence-electron chi connectivity index (χ1n) is 2.42. The van der Waals surface area contributed by atoms with Gasteiger partial charge in [0.2, 0.25) is 5.91 Å². The molecule has 1 aromatic heterocycles. The molecule has 0 aromatic carbocycles. The van der Waals surface area contributed by atoms with E-state index in [2.05, 4.69) is 11.2 Å². The van der Waals surface area contributed by atoms with Crippen LogP contribution in [-0.2, 0) is 0 Å². The summed E-state index contributed by atoms with van der Waals surface area (Å²) < 4.78 is 0. The van der Waals surface area contributed by atoms with Crippen molar-refractivity contribution in [1.82, 2.24) is 4.98 Å². The van der Waals surface area contributed by atoms with Gasteiger partial charge in [-0.1, -0.05) is 0 Å². The summed E-state index contributed by atoms with van der Waals surface area (Å²) in [6.07, 6.45) is 3.96. The number of hydrogen-bond acceptors (Lipinski definition) is 2. The number of carbonyl (C=O) groups excluding carboxylic acids is 1. The van der Waals surface area contributed by atoms with E-state index in [1.807, 2.05) is 0 Å². The first-order valence-corrected chi connectivity index (χ1v) is 2.42. The Kier molecular flexibility index (Phi) is 1.44. The SMILES string of the molecule is NC(=O)c1c[c]ncc1. The molecule has 1 rings (SSSR count). The van der Waals surface area contributed by atoms with Crippen LogP contribution in [0.2, 0.25) is 0 Å². The van der Waals surface area contributed by atoms with Crippen molar-refractivity contribution in [2.24, 2.45) is 5.73 Å². The Bertz CT molecular complexity index is 208. The van der Waals surface area contributed by atoms with Gasteiger partial charge in [-0.05, 0) is 12.1 Å². The Hall–Kier alpha value is -1.38. The largest absolute Gasteiger partial charge is 0.366 e. The molecule has 0 aliphatic rings.